The fraction of sp³-hybridized carbons (Fsp3) is 0.304. The van der Waals surface area contributed by atoms with Gasteiger partial charge in [-0.2, -0.15) is 0 Å². The maximum absolute atomic E-state index is 12.9. The number of nitrogens with zero attached hydrogens (tertiary/aromatic N) is 2. The molecule has 0 atom stereocenters. The van der Waals surface area contributed by atoms with Crippen LogP contribution in [0.15, 0.2) is 52.4 Å². The standard InChI is InChI=1S/C23H26N2OS/c1-15-7-6-8-19(11-15)13-21-18(4)24-23(25(5)22(21)26)27-14-20-12-16(2)9-10-17(20)3/h6-12H,13-14H2,1-5H3. The zero-order chi connectivity index (χ0) is 19.6. The van der Waals surface area contributed by atoms with Gasteiger partial charge in [0.15, 0.2) is 5.16 Å². The van der Waals surface area contributed by atoms with Crippen LogP contribution in [0.1, 0.15) is 39.1 Å². The van der Waals surface area contributed by atoms with Gasteiger partial charge in [-0.3, -0.25) is 9.36 Å². The molecule has 0 aliphatic heterocycles. The van der Waals surface area contributed by atoms with Gasteiger partial charge >= 0.3 is 0 Å². The van der Waals surface area contributed by atoms with Gasteiger partial charge in [0.05, 0.1) is 0 Å². The van der Waals surface area contributed by atoms with E-state index < -0.39 is 0 Å². The van der Waals surface area contributed by atoms with E-state index in [2.05, 4.69) is 57.2 Å². The molecule has 0 aliphatic carbocycles. The van der Waals surface area contributed by atoms with Crippen LogP contribution in [-0.4, -0.2) is 9.55 Å². The fourth-order valence-corrected chi connectivity index (χ4v) is 4.26. The van der Waals surface area contributed by atoms with Crippen molar-refractivity contribution < 1.29 is 0 Å². The monoisotopic (exact) mass is 378 g/mol. The molecule has 3 nitrogen and oxygen atoms in total. The molecule has 27 heavy (non-hydrogen) atoms. The van der Waals surface area contributed by atoms with E-state index >= 15 is 0 Å². The number of rotatable bonds is 5. The molecule has 140 valence electrons. The van der Waals surface area contributed by atoms with Crippen molar-refractivity contribution in [3.8, 4) is 0 Å². The quantitative estimate of drug-likeness (QED) is 0.468. The van der Waals surface area contributed by atoms with Gasteiger partial charge in [0, 0.05) is 30.5 Å². The minimum absolute atomic E-state index is 0.0486. The molecule has 0 saturated heterocycles. The van der Waals surface area contributed by atoms with Crippen LogP contribution in [-0.2, 0) is 19.2 Å². The lowest BCUT2D eigenvalue weighted by Crippen LogP contribution is -2.25. The van der Waals surface area contributed by atoms with Gasteiger partial charge in [-0.05, 0) is 44.4 Å². The topological polar surface area (TPSA) is 34.9 Å². The first-order valence-corrected chi connectivity index (χ1v) is 10.1. The average molecular weight is 379 g/mol. The molecule has 0 N–H and O–H groups in total. The van der Waals surface area contributed by atoms with Crippen molar-refractivity contribution >= 4 is 11.8 Å². The molecular weight excluding hydrogens is 352 g/mol. The van der Waals surface area contributed by atoms with Crippen molar-refractivity contribution in [3.63, 3.8) is 0 Å². The molecule has 0 aliphatic rings. The Kier molecular flexibility index (Phi) is 5.85. The van der Waals surface area contributed by atoms with Crippen molar-refractivity contribution in [1.82, 2.24) is 9.55 Å². The van der Waals surface area contributed by atoms with Crippen LogP contribution in [0.25, 0.3) is 0 Å². The fourth-order valence-electron chi connectivity index (χ4n) is 3.19. The van der Waals surface area contributed by atoms with Crippen LogP contribution >= 0.6 is 11.8 Å². The molecule has 1 aromatic heterocycles. The lowest BCUT2D eigenvalue weighted by atomic mass is 10.0. The van der Waals surface area contributed by atoms with E-state index in [4.69, 9.17) is 4.98 Å². The summed E-state index contributed by atoms with van der Waals surface area (Å²) in [5.41, 5.74) is 7.81. The smallest absolute Gasteiger partial charge is 0.257 e. The predicted octanol–water partition coefficient (Wildman–Crippen LogP) is 4.90. The zero-order valence-corrected chi connectivity index (χ0v) is 17.5. The molecule has 0 bridgehead atoms. The highest BCUT2D eigenvalue weighted by atomic mass is 32.2. The molecule has 3 aromatic rings. The third-order valence-electron chi connectivity index (χ3n) is 4.87. The molecule has 0 amide bonds. The van der Waals surface area contributed by atoms with Gasteiger partial charge < -0.3 is 0 Å². The lowest BCUT2D eigenvalue weighted by molar-refractivity contribution is 0.683. The van der Waals surface area contributed by atoms with Gasteiger partial charge in [0.25, 0.3) is 5.56 Å². The second-order valence-electron chi connectivity index (χ2n) is 7.21. The normalized spacial score (nSPS) is 11.0. The van der Waals surface area contributed by atoms with Gasteiger partial charge in [0.1, 0.15) is 0 Å². The summed E-state index contributed by atoms with van der Waals surface area (Å²) in [7, 11) is 1.82. The highest BCUT2D eigenvalue weighted by Gasteiger charge is 2.13. The number of aryl methyl sites for hydroxylation is 4. The van der Waals surface area contributed by atoms with Crippen LogP contribution in [0.2, 0.25) is 0 Å². The molecule has 0 fully saturated rings. The highest BCUT2D eigenvalue weighted by molar-refractivity contribution is 7.98. The Morgan fingerprint density at radius 2 is 1.74 bits per heavy atom. The van der Waals surface area contributed by atoms with Crippen molar-refractivity contribution in [2.45, 2.75) is 45.0 Å². The number of hydrogen-bond acceptors (Lipinski definition) is 3. The summed E-state index contributed by atoms with van der Waals surface area (Å²) in [6, 6.07) is 14.8. The molecule has 0 radical (unpaired) electrons. The first kappa shape index (κ1) is 19.4. The SMILES string of the molecule is Cc1cccc(Cc2c(C)nc(SCc3cc(C)ccc3C)n(C)c2=O)c1. The maximum Gasteiger partial charge on any atom is 0.257 e. The van der Waals surface area contributed by atoms with E-state index in [1.807, 2.05) is 20.0 Å². The van der Waals surface area contributed by atoms with Crippen LogP contribution < -0.4 is 5.56 Å². The van der Waals surface area contributed by atoms with E-state index in [-0.39, 0.29) is 5.56 Å². The largest absolute Gasteiger partial charge is 0.291 e. The summed E-state index contributed by atoms with van der Waals surface area (Å²) >= 11 is 1.62. The van der Waals surface area contributed by atoms with Gasteiger partial charge in [-0.1, -0.05) is 65.4 Å². The van der Waals surface area contributed by atoms with Crippen LogP contribution in [0.5, 0.6) is 0 Å². The van der Waals surface area contributed by atoms with Crippen molar-refractivity contribution in [1.29, 1.82) is 0 Å². The Hall–Kier alpha value is -2.33. The van der Waals surface area contributed by atoms with E-state index in [0.717, 1.165) is 27.7 Å². The Balaban J connectivity index is 1.86. The molecule has 0 saturated carbocycles. The van der Waals surface area contributed by atoms with Crippen molar-refractivity contribution in [2.75, 3.05) is 0 Å². The number of thioether (sulfide) groups is 1. The second-order valence-corrected chi connectivity index (χ2v) is 8.15. The summed E-state index contributed by atoms with van der Waals surface area (Å²) in [4.78, 5) is 17.7. The Labute approximate surface area is 165 Å². The van der Waals surface area contributed by atoms with Crippen molar-refractivity contribution in [3.05, 3.63) is 91.9 Å². The molecular formula is C23H26N2OS. The van der Waals surface area contributed by atoms with E-state index in [9.17, 15) is 4.79 Å². The Morgan fingerprint density at radius 1 is 1.00 bits per heavy atom. The first-order valence-electron chi connectivity index (χ1n) is 9.16. The number of hydrogen-bond donors (Lipinski definition) is 0. The molecule has 1 heterocycles. The molecule has 0 unspecified atom stereocenters. The molecule has 2 aromatic carbocycles. The Morgan fingerprint density at radius 3 is 2.48 bits per heavy atom. The summed E-state index contributed by atoms with van der Waals surface area (Å²) < 4.78 is 1.69. The summed E-state index contributed by atoms with van der Waals surface area (Å²) in [6.07, 6.45) is 0.620. The van der Waals surface area contributed by atoms with Crippen LogP contribution in [0, 0.1) is 27.7 Å². The van der Waals surface area contributed by atoms with E-state index in [1.165, 1.54) is 22.3 Å². The molecule has 4 heteroatoms. The van der Waals surface area contributed by atoms with Crippen LogP contribution in [0.4, 0.5) is 0 Å². The van der Waals surface area contributed by atoms with Gasteiger partial charge in [-0.25, -0.2) is 4.98 Å². The highest BCUT2D eigenvalue weighted by Crippen LogP contribution is 2.23. The minimum Gasteiger partial charge on any atom is -0.291 e. The van der Waals surface area contributed by atoms with E-state index in [1.54, 1.807) is 16.3 Å². The second kappa shape index (κ2) is 8.13. The van der Waals surface area contributed by atoms with Crippen LogP contribution in [0.3, 0.4) is 0 Å². The maximum atomic E-state index is 12.9. The lowest BCUT2D eigenvalue weighted by Gasteiger charge is -2.13. The average Bonchev–Trinajstić information content (AvgIpc) is 2.63. The number of benzene rings is 2. The molecule has 3 rings (SSSR count). The Bertz CT molecular complexity index is 1040. The number of aromatic nitrogens is 2. The minimum atomic E-state index is 0.0486. The van der Waals surface area contributed by atoms with E-state index in [0.29, 0.717) is 6.42 Å². The predicted molar refractivity (Wildman–Crippen MR) is 114 cm³/mol. The molecule has 0 spiro atoms. The van der Waals surface area contributed by atoms with Gasteiger partial charge in [-0.15, -0.1) is 0 Å². The summed E-state index contributed by atoms with van der Waals surface area (Å²) in [5, 5.41) is 0.770. The van der Waals surface area contributed by atoms with Crippen molar-refractivity contribution in [2.24, 2.45) is 7.05 Å². The third-order valence-corrected chi connectivity index (χ3v) is 5.95. The first-order chi connectivity index (χ1) is 12.8. The third kappa shape index (κ3) is 4.51. The van der Waals surface area contributed by atoms with Gasteiger partial charge in [0.2, 0.25) is 0 Å². The summed E-state index contributed by atoms with van der Waals surface area (Å²) in [5.74, 6) is 0.810. The summed E-state index contributed by atoms with van der Waals surface area (Å²) in [6.45, 7) is 8.23. The zero-order valence-electron chi connectivity index (χ0n) is 16.7.